The van der Waals surface area contributed by atoms with E-state index in [4.69, 9.17) is 4.74 Å². The molecule has 0 spiro atoms. The van der Waals surface area contributed by atoms with Gasteiger partial charge in [0.1, 0.15) is 0 Å². The maximum atomic E-state index is 12.0. The molecule has 0 bridgehead atoms. The van der Waals surface area contributed by atoms with Gasteiger partial charge in [0.15, 0.2) is 5.16 Å². The number of anilines is 1. The molecule has 0 radical (unpaired) electrons. The maximum Gasteiger partial charge on any atom is 0.235 e. The predicted molar refractivity (Wildman–Crippen MR) is 82.7 cm³/mol. The van der Waals surface area contributed by atoms with Crippen LogP contribution in [-0.4, -0.2) is 71.2 Å². The van der Waals surface area contributed by atoms with E-state index in [1.54, 1.807) is 19.0 Å². The highest BCUT2D eigenvalue weighted by atomic mass is 32.2. The summed E-state index contributed by atoms with van der Waals surface area (Å²) in [4.78, 5) is 15.8. The van der Waals surface area contributed by atoms with Gasteiger partial charge in [0.05, 0.1) is 18.5 Å². The van der Waals surface area contributed by atoms with Crippen LogP contribution in [-0.2, 0) is 16.1 Å². The van der Waals surface area contributed by atoms with Crippen molar-refractivity contribution in [2.24, 2.45) is 0 Å². The average molecular weight is 313 g/mol. The minimum absolute atomic E-state index is 0.0820. The number of rotatable bonds is 5. The largest absolute Gasteiger partial charge is 0.378 e. The van der Waals surface area contributed by atoms with Gasteiger partial charge >= 0.3 is 0 Å². The quantitative estimate of drug-likeness (QED) is 0.746. The van der Waals surface area contributed by atoms with E-state index in [1.807, 2.05) is 6.92 Å². The van der Waals surface area contributed by atoms with E-state index in [-0.39, 0.29) is 11.2 Å². The van der Waals surface area contributed by atoms with Crippen molar-refractivity contribution in [3.8, 4) is 0 Å². The van der Waals surface area contributed by atoms with Gasteiger partial charge in [-0.15, -0.1) is 10.2 Å². The van der Waals surface area contributed by atoms with Gasteiger partial charge < -0.3 is 14.5 Å². The molecular weight excluding hydrogens is 290 g/mol. The van der Waals surface area contributed by atoms with Crippen molar-refractivity contribution in [2.45, 2.75) is 30.8 Å². The lowest BCUT2D eigenvalue weighted by molar-refractivity contribution is -0.127. The van der Waals surface area contributed by atoms with Crippen LogP contribution in [0.5, 0.6) is 0 Å². The number of hydrogen-bond acceptors (Lipinski definition) is 6. The molecule has 1 saturated heterocycles. The molecule has 2 rings (SSSR count). The molecule has 118 valence electrons. The molecule has 0 aromatic carbocycles. The number of thioether (sulfide) groups is 1. The summed E-state index contributed by atoms with van der Waals surface area (Å²) < 4.78 is 7.43. The van der Waals surface area contributed by atoms with E-state index in [0.29, 0.717) is 13.2 Å². The number of carbonyl (C=O) groups is 1. The highest BCUT2D eigenvalue weighted by molar-refractivity contribution is 8.00. The van der Waals surface area contributed by atoms with E-state index >= 15 is 0 Å². The van der Waals surface area contributed by atoms with E-state index in [1.165, 1.54) is 11.8 Å². The van der Waals surface area contributed by atoms with E-state index in [2.05, 4.69) is 26.6 Å². The molecule has 1 unspecified atom stereocenters. The molecule has 1 aliphatic heterocycles. The lowest BCUT2D eigenvalue weighted by Gasteiger charge is -2.27. The Bertz CT molecular complexity index is 485. The SMILES string of the molecule is CCn1c(SC(C)C(=O)N(C)C)nnc1N1CCOCC1. The number of morpholine rings is 1. The normalized spacial score (nSPS) is 16.9. The van der Waals surface area contributed by atoms with Crippen LogP contribution in [0.4, 0.5) is 5.95 Å². The molecule has 1 aromatic rings. The summed E-state index contributed by atoms with van der Waals surface area (Å²) >= 11 is 1.46. The number of hydrogen-bond donors (Lipinski definition) is 0. The Balaban J connectivity index is 2.13. The molecule has 1 aromatic heterocycles. The fourth-order valence-electron chi connectivity index (χ4n) is 2.21. The second-order valence-electron chi connectivity index (χ2n) is 5.12. The van der Waals surface area contributed by atoms with Crippen LogP contribution in [0.2, 0.25) is 0 Å². The number of amides is 1. The lowest BCUT2D eigenvalue weighted by atomic mass is 10.4. The van der Waals surface area contributed by atoms with Crippen molar-refractivity contribution in [1.82, 2.24) is 19.7 Å². The first-order valence-corrected chi connectivity index (χ1v) is 8.06. The minimum Gasteiger partial charge on any atom is -0.378 e. The Hall–Kier alpha value is -1.28. The van der Waals surface area contributed by atoms with Crippen LogP contribution < -0.4 is 4.90 Å². The van der Waals surface area contributed by atoms with Crippen molar-refractivity contribution < 1.29 is 9.53 Å². The van der Waals surface area contributed by atoms with Crippen molar-refractivity contribution >= 4 is 23.6 Å². The summed E-state index contributed by atoms with van der Waals surface area (Å²) in [7, 11) is 3.53. The summed E-state index contributed by atoms with van der Waals surface area (Å²) in [6.45, 7) is 7.84. The third kappa shape index (κ3) is 3.68. The lowest BCUT2D eigenvalue weighted by Crippen LogP contribution is -2.38. The zero-order valence-corrected chi connectivity index (χ0v) is 13.9. The van der Waals surface area contributed by atoms with E-state index in [9.17, 15) is 4.79 Å². The Kier molecular flexibility index (Phi) is 5.46. The Morgan fingerprint density at radius 1 is 1.38 bits per heavy atom. The maximum absolute atomic E-state index is 12.0. The monoisotopic (exact) mass is 313 g/mol. The smallest absolute Gasteiger partial charge is 0.235 e. The van der Waals surface area contributed by atoms with Crippen molar-refractivity contribution in [3.05, 3.63) is 0 Å². The second kappa shape index (κ2) is 7.13. The Labute approximate surface area is 129 Å². The minimum atomic E-state index is -0.174. The summed E-state index contributed by atoms with van der Waals surface area (Å²) in [6.07, 6.45) is 0. The summed E-state index contributed by atoms with van der Waals surface area (Å²) in [5.74, 6) is 0.950. The molecule has 1 atom stereocenters. The molecule has 0 saturated carbocycles. The van der Waals surface area contributed by atoms with Crippen molar-refractivity contribution in [2.75, 3.05) is 45.3 Å². The Morgan fingerprint density at radius 3 is 2.62 bits per heavy atom. The number of carbonyl (C=O) groups excluding carboxylic acids is 1. The molecule has 8 heteroatoms. The van der Waals surface area contributed by atoms with Crippen LogP contribution in [0.15, 0.2) is 5.16 Å². The molecule has 7 nitrogen and oxygen atoms in total. The molecule has 21 heavy (non-hydrogen) atoms. The van der Waals surface area contributed by atoms with Gasteiger partial charge in [0, 0.05) is 33.7 Å². The number of aromatic nitrogens is 3. The van der Waals surface area contributed by atoms with Gasteiger partial charge in [-0.05, 0) is 13.8 Å². The number of nitrogens with zero attached hydrogens (tertiary/aromatic N) is 5. The molecule has 1 aliphatic rings. The topological polar surface area (TPSA) is 63.5 Å². The molecule has 1 fully saturated rings. The van der Waals surface area contributed by atoms with E-state index < -0.39 is 0 Å². The van der Waals surface area contributed by atoms with Gasteiger partial charge in [-0.3, -0.25) is 9.36 Å². The first-order chi connectivity index (χ1) is 10.0. The second-order valence-corrected chi connectivity index (χ2v) is 6.43. The standard InChI is InChI=1S/C13H23N5O2S/c1-5-18-12(17-6-8-20-9-7-17)14-15-13(18)21-10(2)11(19)16(3)4/h10H,5-9H2,1-4H3. The summed E-state index contributed by atoms with van der Waals surface area (Å²) in [6, 6.07) is 0. The van der Waals surface area contributed by atoms with Gasteiger partial charge in [0.2, 0.25) is 11.9 Å². The third-order valence-corrected chi connectivity index (χ3v) is 4.45. The highest BCUT2D eigenvalue weighted by Crippen LogP contribution is 2.26. The third-order valence-electron chi connectivity index (χ3n) is 3.38. The molecule has 2 heterocycles. The van der Waals surface area contributed by atoms with Crippen LogP contribution in [0.25, 0.3) is 0 Å². The first-order valence-electron chi connectivity index (χ1n) is 7.18. The van der Waals surface area contributed by atoms with E-state index in [0.717, 1.165) is 30.7 Å². The van der Waals surface area contributed by atoms with Crippen LogP contribution in [0, 0.1) is 0 Å². The summed E-state index contributed by atoms with van der Waals surface area (Å²) in [5, 5.41) is 9.19. The Morgan fingerprint density at radius 2 is 2.05 bits per heavy atom. The average Bonchev–Trinajstić information content (AvgIpc) is 2.89. The predicted octanol–water partition coefficient (Wildman–Crippen LogP) is 0.703. The van der Waals surface area contributed by atoms with Crippen molar-refractivity contribution in [1.29, 1.82) is 0 Å². The highest BCUT2D eigenvalue weighted by Gasteiger charge is 2.23. The zero-order valence-electron chi connectivity index (χ0n) is 13.1. The van der Waals surface area contributed by atoms with Gasteiger partial charge in [0.25, 0.3) is 0 Å². The van der Waals surface area contributed by atoms with Gasteiger partial charge in [-0.25, -0.2) is 0 Å². The fraction of sp³-hybridized carbons (Fsp3) is 0.769. The first kappa shape index (κ1) is 16.1. The molecular formula is C13H23N5O2S. The van der Waals surface area contributed by atoms with Crippen LogP contribution >= 0.6 is 11.8 Å². The fourth-order valence-corrected chi connectivity index (χ4v) is 3.27. The molecule has 1 amide bonds. The molecule has 0 aliphatic carbocycles. The van der Waals surface area contributed by atoms with Gasteiger partial charge in [-0.2, -0.15) is 0 Å². The summed E-state index contributed by atoms with van der Waals surface area (Å²) in [5.41, 5.74) is 0. The van der Waals surface area contributed by atoms with Crippen LogP contribution in [0.1, 0.15) is 13.8 Å². The van der Waals surface area contributed by atoms with Gasteiger partial charge in [-0.1, -0.05) is 11.8 Å². The van der Waals surface area contributed by atoms with Crippen molar-refractivity contribution in [3.63, 3.8) is 0 Å². The molecule has 0 N–H and O–H groups in total. The number of ether oxygens (including phenoxy) is 1. The van der Waals surface area contributed by atoms with Crippen LogP contribution in [0.3, 0.4) is 0 Å². The zero-order chi connectivity index (χ0) is 15.4.